The molecule has 0 unspecified atom stereocenters. The molecule has 0 spiro atoms. The quantitative estimate of drug-likeness (QED) is 0.297. The lowest BCUT2D eigenvalue weighted by Crippen LogP contribution is -2.27. The molecule has 3 aromatic heterocycles. The van der Waals surface area contributed by atoms with Gasteiger partial charge in [0.2, 0.25) is 11.8 Å². The van der Waals surface area contributed by atoms with Gasteiger partial charge in [-0.3, -0.25) is 9.20 Å². The van der Waals surface area contributed by atoms with Gasteiger partial charge in [-0.15, -0.1) is 0 Å². The highest BCUT2D eigenvalue weighted by molar-refractivity contribution is 6.05. The van der Waals surface area contributed by atoms with Crippen molar-refractivity contribution in [3.63, 3.8) is 0 Å². The number of rotatable bonds is 5. The molecule has 10 nitrogen and oxygen atoms in total. The van der Waals surface area contributed by atoms with Gasteiger partial charge in [0.15, 0.2) is 28.9 Å². The Bertz CT molecular complexity index is 1620. The van der Waals surface area contributed by atoms with Crippen molar-refractivity contribution in [1.29, 1.82) is 0 Å². The summed E-state index contributed by atoms with van der Waals surface area (Å²) < 4.78 is 53.7. The number of anilines is 1. The van der Waals surface area contributed by atoms with Crippen LogP contribution in [0.15, 0.2) is 30.5 Å². The van der Waals surface area contributed by atoms with Gasteiger partial charge in [0.1, 0.15) is 23.9 Å². The first-order valence-corrected chi connectivity index (χ1v) is 10.9. The van der Waals surface area contributed by atoms with Crippen LogP contribution in [0.2, 0.25) is 0 Å². The number of nitrogens with one attached hydrogen (secondary N) is 1. The fourth-order valence-electron chi connectivity index (χ4n) is 4.12. The summed E-state index contributed by atoms with van der Waals surface area (Å²) in [6, 6.07) is 4.56. The largest absolute Gasteiger partial charge is 0.512 e. The number of halogens is 3. The predicted molar refractivity (Wildman–Crippen MR) is 122 cm³/mol. The van der Waals surface area contributed by atoms with Crippen LogP contribution in [0.1, 0.15) is 30.7 Å². The molecule has 0 radical (unpaired) electrons. The number of hydrogen-bond donors (Lipinski definition) is 2. The number of hydrogen-bond acceptors (Lipinski definition) is 7. The van der Waals surface area contributed by atoms with Crippen molar-refractivity contribution in [2.24, 2.45) is 0 Å². The number of fused-ring (bicyclic) bond motifs is 2. The SMILES string of the molecule is Cc1nc2c(OCc3c(F)ccc(F)c3F)cccn2c1-c1nc2c(c(OC(=O)O)n1)C(C)(C)C(=O)N2. The molecule has 1 amide bonds. The highest BCUT2D eigenvalue weighted by Gasteiger charge is 2.44. The van der Waals surface area contributed by atoms with Crippen molar-refractivity contribution in [3.05, 3.63) is 64.7 Å². The lowest BCUT2D eigenvalue weighted by Gasteiger charge is -2.17. The molecule has 0 saturated carbocycles. The van der Waals surface area contributed by atoms with Gasteiger partial charge in [-0.2, -0.15) is 4.98 Å². The Morgan fingerprint density at radius 1 is 1.14 bits per heavy atom. The van der Waals surface area contributed by atoms with E-state index >= 15 is 0 Å². The van der Waals surface area contributed by atoms with Crippen LogP contribution in [0.4, 0.5) is 23.8 Å². The Kier molecular flexibility index (Phi) is 5.50. The van der Waals surface area contributed by atoms with Gasteiger partial charge in [-0.05, 0) is 45.0 Å². The zero-order chi connectivity index (χ0) is 26.6. The average molecular weight is 513 g/mol. The molecule has 0 bridgehead atoms. The Hall–Kier alpha value is -4.68. The van der Waals surface area contributed by atoms with Crippen LogP contribution < -0.4 is 14.8 Å². The van der Waals surface area contributed by atoms with Gasteiger partial charge >= 0.3 is 6.16 Å². The summed E-state index contributed by atoms with van der Waals surface area (Å²) in [5.41, 5.74) is -0.596. The van der Waals surface area contributed by atoms with Crippen LogP contribution in [-0.2, 0) is 16.8 Å². The summed E-state index contributed by atoms with van der Waals surface area (Å²) in [4.78, 5) is 37.0. The number of amides is 1. The van der Waals surface area contributed by atoms with E-state index in [4.69, 9.17) is 9.47 Å². The third-order valence-electron chi connectivity index (χ3n) is 6.00. The molecule has 4 heterocycles. The average Bonchev–Trinajstić information content (AvgIpc) is 3.28. The summed E-state index contributed by atoms with van der Waals surface area (Å²) in [5.74, 6) is -4.03. The van der Waals surface area contributed by atoms with Crippen molar-refractivity contribution in [1.82, 2.24) is 19.4 Å². The molecular weight excluding hydrogens is 495 g/mol. The van der Waals surface area contributed by atoms with E-state index in [9.17, 15) is 27.9 Å². The van der Waals surface area contributed by atoms with Crippen LogP contribution in [0.5, 0.6) is 11.6 Å². The van der Waals surface area contributed by atoms with Crippen molar-refractivity contribution in [3.8, 4) is 23.1 Å². The predicted octanol–water partition coefficient (Wildman–Crippen LogP) is 4.38. The van der Waals surface area contributed by atoms with E-state index in [-0.39, 0.29) is 34.5 Å². The number of nitrogens with zero attached hydrogens (tertiary/aromatic N) is 4. The first kappa shape index (κ1) is 24.0. The molecule has 0 aliphatic carbocycles. The zero-order valence-corrected chi connectivity index (χ0v) is 19.6. The van der Waals surface area contributed by atoms with Crippen LogP contribution in [0.3, 0.4) is 0 Å². The highest BCUT2D eigenvalue weighted by Crippen LogP contribution is 2.43. The van der Waals surface area contributed by atoms with Crippen LogP contribution in [-0.4, -0.2) is 36.5 Å². The number of ether oxygens (including phenoxy) is 2. The zero-order valence-electron chi connectivity index (χ0n) is 19.6. The third kappa shape index (κ3) is 3.88. The second-order valence-corrected chi connectivity index (χ2v) is 8.75. The second kappa shape index (κ2) is 8.47. The Balaban J connectivity index is 1.60. The van der Waals surface area contributed by atoms with E-state index in [1.54, 1.807) is 33.0 Å². The van der Waals surface area contributed by atoms with Gasteiger partial charge in [-0.1, -0.05) is 0 Å². The van der Waals surface area contributed by atoms with Gasteiger partial charge in [0.25, 0.3) is 0 Å². The second-order valence-electron chi connectivity index (χ2n) is 8.75. The number of benzene rings is 1. The number of carbonyl (C=O) groups excluding carboxylic acids is 1. The minimum Gasteiger partial charge on any atom is -0.485 e. The van der Waals surface area contributed by atoms with E-state index < -0.39 is 47.1 Å². The summed E-state index contributed by atoms with van der Waals surface area (Å²) in [7, 11) is 0. The highest BCUT2D eigenvalue weighted by atomic mass is 19.2. The first-order chi connectivity index (χ1) is 17.5. The molecule has 1 aromatic carbocycles. The first-order valence-electron chi connectivity index (χ1n) is 10.9. The van der Waals surface area contributed by atoms with Gasteiger partial charge in [-0.25, -0.2) is 27.9 Å². The molecule has 1 aliphatic heterocycles. The Labute approximate surface area is 206 Å². The molecule has 4 aromatic rings. The molecule has 37 heavy (non-hydrogen) atoms. The number of imidazole rings is 1. The van der Waals surface area contributed by atoms with Crippen molar-refractivity contribution < 1.29 is 37.3 Å². The number of carbonyl (C=O) groups is 2. The fraction of sp³-hybridized carbons (Fsp3) is 0.208. The monoisotopic (exact) mass is 513 g/mol. The Morgan fingerprint density at radius 2 is 1.86 bits per heavy atom. The minimum atomic E-state index is -1.62. The molecule has 190 valence electrons. The fourth-order valence-corrected chi connectivity index (χ4v) is 4.12. The van der Waals surface area contributed by atoms with Crippen molar-refractivity contribution >= 4 is 23.5 Å². The maximum absolute atomic E-state index is 14.1. The standard InChI is InChI=1S/C24H18F3N5O5/c1-10-17(19-29-18-15(21(30-19)37-23(34)35)24(2,3)22(33)31-18)32-8-4-5-14(20(32)28-10)36-9-11-12(25)6-7-13(26)16(11)27/h4-8H,9H2,1-3H3,(H,34,35)(H,29,30,31,33). The van der Waals surface area contributed by atoms with E-state index in [1.165, 1.54) is 10.5 Å². The van der Waals surface area contributed by atoms with Gasteiger partial charge in [0, 0.05) is 6.20 Å². The smallest absolute Gasteiger partial charge is 0.485 e. The molecule has 0 atom stereocenters. The third-order valence-corrected chi connectivity index (χ3v) is 6.00. The summed E-state index contributed by atoms with van der Waals surface area (Å²) >= 11 is 0. The summed E-state index contributed by atoms with van der Waals surface area (Å²) in [5, 5.41) is 11.8. The van der Waals surface area contributed by atoms with Gasteiger partial charge < -0.3 is 19.9 Å². The van der Waals surface area contributed by atoms with E-state index in [1.807, 2.05) is 0 Å². The minimum absolute atomic E-state index is 0.00244. The molecule has 5 rings (SSSR count). The maximum Gasteiger partial charge on any atom is 0.512 e. The number of carboxylic acid groups (broad SMARTS) is 1. The number of aromatic nitrogens is 4. The van der Waals surface area contributed by atoms with Crippen molar-refractivity contribution in [2.75, 3.05) is 5.32 Å². The Morgan fingerprint density at radius 3 is 2.59 bits per heavy atom. The van der Waals surface area contributed by atoms with E-state index in [2.05, 4.69) is 20.3 Å². The molecular formula is C24H18F3N5O5. The summed E-state index contributed by atoms with van der Waals surface area (Å²) in [6.45, 7) is 4.19. The van der Waals surface area contributed by atoms with E-state index in [0.29, 0.717) is 17.5 Å². The van der Waals surface area contributed by atoms with Crippen LogP contribution in [0, 0.1) is 24.4 Å². The molecule has 13 heteroatoms. The number of aryl methyl sites for hydroxylation is 1. The van der Waals surface area contributed by atoms with E-state index in [0.717, 1.165) is 6.07 Å². The van der Waals surface area contributed by atoms with Crippen LogP contribution in [0.25, 0.3) is 17.2 Å². The number of pyridine rings is 1. The molecule has 1 aliphatic rings. The molecule has 2 N–H and O–H groups in total. The lowest BCUT2D eigenvalue weighted by atomic mass is 9.87. The molecule has 0 saturated heterocycles. The lowest BCUT2D eigenvalue weighted by molar-refractivity contribution is -0.119. The summed E-state index contributed by atoms with van der Waals surface area (Å²) in [6.07, 6.45) is -0.0260. The normalized spacial score (nSPS) is 13.9. The van der Waals surface area contributed by atoms with Crippen molar-refractivity contribution in [2.45, 2.75) is 32.8 Å². The van der Waals surface area contributed by atoms with Crippen LogP contribution >= 0.6 is 0 Å². The maximum atomic E-state index is 14.1. The topological polar surface area (TPSA) is 128 Å². The molecule has 0 fully saturated rings. The van der Waals surface area contributed by atoms with Gasteiger partial charge in [0.05, 0.1) is 22.2 Å².